The molecule has 0 heterocycles. The molecule has 4 rings (SSSR count). The average Bonchev–Trinajstić information content (AvgIpc) is 3.33. The lowest BCUT2D eigenvalue weighted by atomic mass is 9.98. The van der Waals surface area contributed by atoms with E-state index >= 15 is 0 Å². The number of benzene rings is 2. The number of rotatable bonds is 8. The summed E-state index contributed by atoms with van der Waals surface area (Å²) in [6.45, 7) is 1.99. The SMILES string of the molecule is C[C@H](CC(=O)NC1CCC(CC(=O)O)C1)NC(=O)OCC1c2ccccc2-c2ccccc21. The zero-order valence-corrected chi connectivity index (χ0v) is 18.8. The van der Waals surface area contributed by atoms with Gasteiger partial charge in [-0.2, -0.15) is 0 Å². The molecule has 2 aliphatic carbocycles. The van der Waals surface area contributed by atoms with Gasteiger partial charge in [0.25, 0.3) is 0 Å². The number of aliphatic carboxylic acids is 1. The number of amides is 2. The first-order valence-corrected chi connectivity index (χ1v) is 11.5. The lowest BCUT2D eigenvalue weighted by molar-refractivity contribution is -0.138. The number of fused-ring (bicyclic) bond motifs is 3. The van der Waals surface area contributed by atoms with Crippen LogP contribution in [0.15, 0.2) is 48.5 Å². The molecule has 0 radical (unpaired) electrons. The summed E-state index contributed by atoms with van der Waals surface area (Å²) in [6, 6.07) is 15.9. The highest BCUT2D eigenvalue weighted by Crippen LogP contribution is 2.44. The number of ether oxygens (including phenoxy) is 1. The normalized spacial score (nSPS) is 19.9. The molecule has 2 aromatic carbocycles. The highest BCUT2D eigenvalue weighted by atomic mass is 16.5. The molecule has 2 aromatic rings. The minimum Gasteiger partial charge on any atom is -0.481 e. The standard InChI is InChI=1S/C26H30N2O5/c1-16(12-24(29)28-18-11-10-17(13-18)14-25(30)31)27-26(32)33-15-23-21-8-4-2-6-19(21)20-7-3-5-9-22(20)23/h2-9,16-18,23H,10-15H2,1H3,(H,27,32)(H,28,29)(H,30,31)/t16-,17?,18?/m1/s1. The van der Waals surface area contributed by atoms with Crippen LogP contribution in [0.3, 0.4) is 0 Å². The Morgan fingerprint density at radius 3 is 2.30 bits per heavy atom. The molecule has 2 aliphatic rings. The molecule has 2 amide bonds. The molecule has 0 aromatic heterocycles. The van der Waals surface area contributed by atoms with Crippen molar-refractivity contribution in [2.24, 2.45) is 5.92 Å². The predicted octanol–water partition coefficient (Wildman–Crippen LogP) is 4.06. The van der Waals surface area contributed by atoms with Crippen molar-refractivity contribution >= 4 is 18.0 Å². The third kappa shape index (κ3) is 5.53. The number of carboxylic acid groups (broad SMARTS) is 1. The second-order valence-electron chi connectivity index (χ2n) is 9.12. The molecular formula is C26H30N2O5. The Bertz CT molecular complexity index is 991. The van der Waals surface area contributed by atoms with E-state index in [0.29, 0.717) is 6.42 Å². The van der Waals surface area contributed by atoms with Crippen LogP contribution in [-0.2, 0) is 14.3 Å². The smallest absolute Gasteiger partial charge is 0.407 e. The lowest BCUT2D eigenvalue weighted by Crippen LogP contribution is -2.40. The van der Waals surface area contributed by atoms with Gasteiger partial charge in [0.15, 0.2) is 0 Å². The zero-order chi connectivity index (χ0) is 23.4. The summed E-state index contributed by atoms with van der Waals surface area (Å²) in [7, 11) is 0. The first-order chi connectivity index (χ1) is 15.9. The molecule has 0 bridgehead atoms. The highest BCUT2D eigenvalue weighted by Gasteiger charge is 2.30. The molecule has 2 unspecified atom stereocenters. The zero-order valence-electron chi connectivity index (χ0n) is 18.8. The quantitative estimate of drug-likeness (QED) is 0.563. The van der Waals surface area contributed by atoms with Crippen LogP contribution in [-0.4, -0.2) is 41.8 Å². The minimum atomic E-state index is -0.798. The van der Waals surface area contributed by atoms with Gasteiger partial charge in [-0.25, -0.2) is 4.79 Å². The predicted molar refractivity (Wildman–Crippen MR) is 124 cm³/mol. The summed E-state index contributed by atoms with van der Waals surface area (Å²) in [4.78, 5) is 35.6. The van der Waals surface area contributed by atoms with Crippen molar-refractivity contribution in [2.75, 3.05) is 6.61 Å². The van der Waals surface area contributed by atoms with Crippen molar-refractivity contribution < 1.29 is 24.2 Å². The molecule has 3 N–H and O–H groups in total. The lowest BCUT2D eigenvalue weighted by Gasteiger charge is -2.18. The number of hydrogen-bond donors (Lipinski definition) is 3. The molecule has 174 valence electrons. The van der Waals surface area contributed by atoms with Gasteiger partial charge in [-0.05, 0) is 54.4 Å². The molecule has 3 atom stereocenters. The van der Waals surface area contributed by atoms with E-state index in [1.165, 1.54) is 11.1 Å². The van der Waals surface area contributed by atoms with Crippen LogP contribution in [0.5, 0.6) is 0 Å². The number of alkyl carbamates (subject to hydrolysis) is 1. The Labute approximate surface area is 193 Å². The van der Waals surface area contributed by atoms with E-state index in [4.69, 9.17) is 9.84 Å². The van der Waals surface area contributed by atoms with Gasteiger partial charge in [-0.1, -0.05) is 48.5 Å². The Kier molecular flexibility index (Phi) is 6.96. The first kappa shape index (κ1) is 22.8. The van der Waals surface area contributed by atoms with Crippen molar-refractivity contribution in [3.8, 4) is 11.1 Å². The second kappa shape index (κ2) is 10.1. The van der Waals surface area contributed by atoms with Crippen LogP contribution in [0.2, 0.25) is 0 Å². The molecule has 1 saturated carbocycles. The Morgan fingerprint density at radius 1 is 1.03 bits per heavy atom. The number of hydrogen-bond acceptors (Lipinski definition) is 4. The Balaban J connectivity index is 1.23. The summed E-state index contributed by atoms with van der Waals surface area (Å²) in [5.41, 5.74) is 4.64. The fourth-order valence-corrected chi connectivity index (χ4v) is 5.10. The summed E-state index contributed by atoms with van der Waals surface area (Å²) in [5, 5.41) is 14.6. The first-order valence-electron chi connectivity index (χ1n) is 11.5. The van der Waals surface area contributed by atoms with E-state index in [9.17, 15) is 14.4 Å². The largest absolute Gasteiger partial charge is 0.481 e. The third-order valence-electron chi connectivity index (χ3n) is 6.57. The molecule has 33 heavy (non-hydrogen) atoms. The molecule has 7 heteroatoms. The maximum atomic E-state index is 12.4. The van der Waals surface area contributed by atoms with E-state index in [1.54, 1.807) is 6.92 Å². The van der Waals surface area contributed by atoms with Crippen molar-refractivity contribution in [3.63, 3.8) is 0 Å². The van der Waals surface area contributed by atoms with Crippen LogP contribution < -0.4 is 10.6 Å². The van der Waals surface area contributed by atoms with Gasteiger partial charge in [0.05, 0.1) is 0 Å². The summed E-state index contributed by atoms with van der Waals surface area (Å²) >= 11 is 0. The fourth-order valence-electron chi connectivity index (χ4n) is 5.10. The van der Waals surface area contributed by atoms with Crippen LogP contribution in [0, 0.1) is 5.92 Å². The topological polar surface area (TPSA) is 105 Å². The van der Waals surface area contributed by atoms with E-state index in [0.717, 1.165) is 24.0 Å². The average molecular weight is 451 g/mol. The summed E-state index contributed by atoms with van der Waals surface area (Å²) in [6.07, 6.45) is 2.03. The Morgan fingerprint density at radius 2 is 1.67 bits per heavy atom. The summed E-state index contributed by atoms with van der Waals surface area (Å²) < 4.78 is 5.54. The van der Waals surface area contributed by atoms with Gasteiger partial charge in [0.2, 0.25) is 5.91 Å². The fraction of sp³-hybridized carbons (Fsp3) is 0.423. The maximum Gasteiger partial charge on any atom is 0.407 e. The highest BCUT2D eigenvalue weighted by molar-refractivity contribution is 5.79. The van der Waals surface area contributed by atoms with Gasteiger partial charge in [0, 0.05) is 30.8 Å². The van der Waals surface area contributed by atoms with Crippen LogP contribution in [0.4, 0.5) is 4.79 Å². The summed E-state index contributed by atoms with van der Waals surface area (Å²) in [5.74, 6) is -0.845. The number of carbonyl (C=O) groups excluding carboxylic acids is 2. The van der Waals surface area contributed by atoms with E-state index in [-0.39, 0.29) is 49.3 Å². The van der Waals surface area contributed by atoms with Crippen molar-refractivity contribution in [1.82, 2.24) is 10.6 Å². The van der Waals surface area contributed by atoms with E-state index in [1.807, 2.05) is 24.3 Å². The van der Waals surface area contributed by atoms with Gasteiger partial charge < -0.3 is 20.5 Å². The number of nitrogens with one attached hydrogen (secondary N) is 2. The molecule has 7 nitrogen and oxygen atoms in total. The number of carbonyl (C=O) groups is 3. The van der Waals surface area contributed by atoms with Crippen LogP contribution in [0.25, 0.3) is 11.1 Å². The number of carboxylic acids is 1. The van der Waals surface area contributed by atoms with Gasteiger partial charge in [-0.15, -0.1) is 0 Å². The Hall–Kier alpha value is -3.35. The van der Waals surface area contributed by atoms with Crippen LogP contribution in [0.1, 0.15) is 56.1 Å². The second-order valence-corrected chi connectivity index (χ2v) is 9.12. The van der Waals surface area contributed by atoms with Crippen molar-refractivity contribution in [3.05, 3.63) is 59.7 Å². The van der Waals surface area contributed by atoms with Gasteiger partial charge in [0.1, 0.15) is 6.61 Å². The molecule has 0 aliphatic heterocycles. The van der Waals surface area contributed by atoms with E-state index in [2.05, 4.69) is 34.9 Å². The monoisotopic (exact) mass is 450 g/mol. The molecule has 0 spiro atoms. The van der Waals surface area contributed by atoms with Crippen LogP contribution >= 0.6 is 0 Å². The van der Waals surface area contributed by atoms with Gasteiger partial charge in [-0.3, -0.25) is 9.59 Å². The minimum absolute atomic E-state index is 0.00324. The molecular weight excluding hydrogens is 420 g/mol. The van der Waals surface area contributed by atoms with Crippen molar-refractivity contribution in [2.45, 2.75) is 57.0 Å². The molecule has 1 fully saturated rings. The van der Waals surface area contributed by atoms with E-state index < -0.39 is 12.1 Å². The third-order valence-corrected chi connectivity index (χ3v) is 6.57. The van der Waals surface area contributed by atoms with Crippen molar-refractivity contribution in [1.29, 1.82) is 0 Å². The van der Waals surface area contributed by atoms with Gasteiger partial charge >= 0.3 is 12.1 Å². The molecule has 0 saturated heterocycles. The maximum absolute atomic E-state index is 12.4.